The first-order valence-corrected chi connectivity index (χ1v) is 9.17. The molecule has 1 aromatic heterocycles. The van der Waals surface area contributed by atoms with E-state index in [-0.39, 0.29) is 16.9 Å². The van der Waals surface area contributed by atoms with Crippen molar-refractivity contribution >= 4 is 33.8 Å². The fraction of sp³-hybridized carbons (Fsp3) is 0.150. The van der Waals surface area contributed by atoms with E-state index in [0.29, 0.717) is 18.7 Å². The van der Waals surface area contributed by atoms with Crippen molar-refractivity contribution in [1.82, 2.24) is 9.47 Å². The number of carbonyl (C=O) groups is 2. The van der Waals surface area contributed by atoms with Crippen molar-refractivity contribution in [2.24, 2.45) is 0 Å². The summed E-state index contributed by atoms with van der Waals surface area (Å²) in [6, 6.07) is 17.6. The van der Waals surface area contributed by atoms with Crippen molar-refractivity contribution in [3.05, 3.63) is 71.4 Å². The van der Waals surface area contributed by atoms with Gasteiger partial charge in [-0.25, -0.2) is 0 Å². The van der Waals surface area contributed by atoms with Gasteiger partial charge in [-0.05, 0) is 35.4 Å². The molecular weight excluding hydrogens is 346 g/mol. The maximum absolute atomic E-state index is 11.9. The summed E-state index contributed by atoms with van der Waals surface area (Å²) in [6.45, 7) is 0.954. The number of hydrogen-bond donors (Lipinski definition) is 0. The van der Waals surface area contributed by atoms with Crippen LogP contribution >= 0.6 is 11.8 Å². The lowest BCUT2D eigenvalue weighted by atomic mass is 10.1. The van der Waals surface area contributed by atoms with Gasteiger partial charge in [0.15, 0.2) is 0 Å². The third kappa shape index (κ3) is 2.98. The van der Waals surface area contributed by atoms with Gasteiger partial charge in [0.1, 0.15) is 0 Å². The second-order valence-corrected chi connectivity index (χ2v) is 7.07. The Kier molecular flexibility index (Phi) is 4.23. The fourth-order valence-electron chi connectivity index (χ4n) is 3.20. The van der Waals surface area contributed by atoms with Gasteiger partial charge in [-0.2, -0.15) is 5.26 Å². The smallest absolute Gasteiger partial charge is 0.289 e. The molecule has 1 aliphatic heterocycles. The Balaban J connectivity index is 1.65. The highest BCUT2D eigenvalue weighted by molar-refractivity contribution is 8.14. The van der Waals surface area contributed by atoms with Crippen LogP contribution in [-0.4, -0.2) is 26.4 Å². The number of aromatic nitrogens is 1. The predicted octanol–water partition coefficient (Wildman–Crippen LogP) is 3.76. The molecule has 1 fully saturated rings. The molecule has 0 N–H and O–H groups in total. The Morgan fingerprint density at radius 2 is 1.92 bits per heavy atom. The summed E-state index contributed by atoms with van der Waals surface area (Å²) in [5.41, 5.74) is 3.68. The molecule has 3 aromatic rings. The predicted molar refractivity (Wildman–Crippen MR) is 101 cm³/mol. The van der Waals surface area contributed by atoms with Gasteiger partial charge in [-0.3, -0.25) is 14.5 Å². The third-order valence-electron chi connectivity index (χ3n) is 4.48. The van der Waals surface area contributed by atoms with E-state index in [1.165, 1.54) is 4.90 Å². The van der Waals surface area contributed by atoms with Gasteiger partial charge in [-0.15, -0.1) is 0 Å². The molecule has 0 radical (unpaired) electrons. The first kappa shape index (κ1) is 16.4. The van der Waals surface area contributed by atoms with Crippen LogP contribution in [0.15, 0.2) is 54.7 Å². The summed E-state index contributed by atoms with van der Waals surface area (Å²) in [5, 5.41) is 9.91. The average Bonchev–Trinajstić information content (AvgIpc) is 3.21. The topological polar surface area (TPSA) is 66.1 Å². The number of imide groups is 1. The zero-order chi connectivity index (χ0) is 18.1. The molecule has 128 valence electrons. The number of rotatable bonds is 4. The SMILES string of the molecule is N#Cc1cccc(Cn2ccc3c(CN4C(=O)CSC4=O)cccc32)c1. The van der Waals surface area contributed by atoms with Crippen LogP contribution in [0.3, 0.4) is 0 Å². The van der Waals surface area contributed by atoms with Crippen LogP contribution < -0.4 is 0 Å². The molecule has 0 spiro atoms. The third-order valence-corrected chi connectivity index (χ3v) is 5.34. The van der Waals surface area contributed by atoms with E-state index >= 15 is 0 Å². The lowest BCUT2D eigenvalue weighted by Gasteiger charge is -2.14. The number of carbonyl (C=O) groups excluding carboxylic acids is 2. The van der Waals surface area contributed by atoms with Crippen LogP contribution in [0.1, 0.15) is 16.7 Å². The summed E-state index contributed by atoms with van der Waals surface area (Å²) < 4.78 is 2.11. The van der Waals surface area contributed by atoms with Crippen molar-refractivity contribution in [2.45, 2.75) is 13.1 Å². The van der Waals surface area contributed by atoms with Crippen molar-refractivity contribution in [2.75, 3.05) is 5.75 Å². The first-order chi connectivity index (χ1) is 12.7. The van der Waals surface area contributed by atoms with Gasteiger partial charge in [0, 0.05) is 23.6 Å². The molecule has 2 amide bonds. The van der Waals surface area contributed by atoms with Gasteiger partial charge >= 0.3 is 0 Å². The van der Waals surface area contributed by atoms with Crippen LogP contribution in [0, 0.1) is 11.3 Å². The first-order valence-electron chi connectivity index (χ1n) is 8.18. The van der Waals surface area contributed by atoms with Crippen molar-refractivity contribution in [3.8, 4) is 6.07 Å². The average molecular weight is 361 g/mol. The quantitative estimate of drug-likeness (QED) is 0.710. The number of nitriles is 1. The van der Waals surface area contributed by atoms with Gasteiger partial charge in [-0.1, -0.05) is 36.0 Å². The van der Waals surface area contributed by atoms with Crippen molar-refractivity contribution < 1.29 is 9.59 Å². The minimum absolute atomic E-state index is 0.134. The number of nitrogens with zero attached hydrogens (tertiary/aromatic N) is 3. The highest BCUT2D eigenvalue weighted by Gasteiger charge is 2.30. The van der Waals surface area contributed by atoms with E-state index in [1.807, 2.05) is 48.7 Å². The van der Waals surface area contributed by atoms with E-state index in [0.717, 1.165) is 33.8 Å². The number of amides is 2. The largest absolute Gasteiger partial charge is 0.343 e. The summed E-state index contributed by atoms with van der Waals surface area (Å²) in [4.78, 5) is 25.1. The molecular formula is C20H15N3O2S. The number of hydrogen-bond acceptors (Lipinski definition) is 4. The van der Waals surface area contributed by atoms with Gasteiger partial charge < -0.3 is 4.57 Å². The van der Waals surface area contributed by atoms with Gasteiger partial charge in [0.2, 0.25) is 5.91 Å². The molecule has 4 rings (SSSR count). The molecule has 0 unspecified atom stereocenters. The molecule has 0 bridgehead atoms. The van der Waals surface area contributed by atoms with E-state index in [9.17, 15) is 9.59 Å². The highest BCUT2D eigenvalue weighted by atomic mass is 32.2. The van der Waals surface area contributed by atoms with Crippen LogP contribution in [0.2, 0.25) is 0 Å². The minimum Gasteiger partial charge on any atom is -0.343 e. The Hall–Kier alpha value is -3.04. The fourth-order valence-corrected chi connectivity index (χ4v) is 3.93. The molecule has 0 saturated carbocycles. The van der Waals surface area contributed by atoms with E-state index < -0.39 is 0 Å². The molecule has 0 atom stereocenters. The normalized spacial score (nSPS) is 14.2. The zero-order valence-corrected chi connectivity index (χ0v) is 14.7. The number of benzene rings is 2. The Bertz CT molecular complexity index is 1050. The highest BCUT2D eigenvalue weighted by Crippen LogP contribution is 2.26. The molecule has 0 aliphatic carbocycles. The molecule has 2 aromatic carbocycles. The molecule has 6 heteroatoms. The Morgan fingerprint density at radius 1 is 1.08 bits per heavy atom. The van der Waals surface area contributed by atoms with Crippen LogP contribution in [-0.2, 0) is 17.9 Å². The summed E-state index contributed by atoms with van der Waals surface area (Å²) in [6.07, 6.45) is 2.00. The molecule has 1 aliphatic rings. The zero-order valence-electron chi connectivity index (χ0n) is 13.9. The Morgan fingerprint density at radius 3 is 2.69 bits per heavy atom. The maximum atomic E-state index is 11.9. The number of fused-ring (bicyclic) bond motifs is 1. The van der Waals surface area contributed by atoms with E-state index in [2.05, 4.69) is 10.6 Å². The molecule has 2 heterocycles. The van der Waals surface area contributed by atoms with Crippen LogP contribution in [0.4, 0.5) is 4.79 Å². The van der Waals surface area contributed by atoms with Gasteiger partial charge in [0.25, 0.3) is 5.24 Å². The van der Waals surface area contributed by atoms with Crippen molar-refractivity contribution in [1.29, 1.82) is 5.26 Å². The molecule has 26 heavy (non-hydrogen) atoms. The summed E-state index contributed by atoms with van der Waals surface area (Å²) in [7, 11) is 0. The Labute approximate surface area is 154 Å². The summed E-state index contributed by atoms with van der Waals surface area (Å²) in [5.74, 6) is 0.0928. The van der Waals surface area contributed by atoms with Crippen LogP contribution in [0.5, 0.6) is 0 Å². The lowest BCUT2D eigenvalue weighted by molar-refractivity contribution is -0.124. The monoisotopic (exact) mass is 361 g/mol. The number of thioether (sulfide) groups is 1. The van der Waals surface area contributed by atoms with Crippen molar-refractivity contribution in [3.63, 3.8) is 0 Å². The molecule has 1 saturated heterocycles. The van der Waals surface area contributed by atoms with E-state index in [1.54, 1.807) is 6.07 Å². The molecule has 5 nitrogen and oxygen atoms in total. The maximum Gasteiger partial charge on any atom is 0.289 e. The second kappa shape index (κ2) is 6.70. The standard InChI is InChI=1S/C20H15N3O2S/c21-10-14-3-1-4-15(9-14)11-22-8-7-17-16(5-2-6-18(17)22)12-23-19(24)13-26-20(23)25/h1-9H,11-13H2. The summed E-state index contributed by atoms with van der Waals surface area (Å²) >= 11 is 1.05. The lowest BCUT2D eigenvalue weighted by Crippen LogP contribution is -2.27. The minimum atomic E-state index is -0.181. The van der Waals surface area contributed by atoms with Crippen LogP contribution in [0.25, 0.3) is 10.9 Å². The van der Waals surface area contributed by atoms with E-state index in [4.69, 9.17) is 5.26 Å². The van der Waals surface area contributed by atoms with Gasteiger partial charge in [0.05, 0.1) is 23.9 Å². The second-order valence-electron chi connectivity index (χ2n) is 6.14.